The average Bonchev–Trinajstić information content (AvgIpc) is 2.92. The van der Waals surface area contributed by atoms with Gasteiger partial charge in [0.25, 0.3) is 0 Å². The Bertz CT molecular complexity index is 507. The highest BCUT2D eigenvalue weighted by atomic mass is 35.5. The van der Waals surface area contributed by atoms with Crippen molar-refractivity contribution in [1.82, 2.24) is 4.31 Å². The lowest BCUT2D eigenvalue weighted by atomic mass is 10.2. The van der Waals surface area contributed by atoms with Gasteiger partial charge >= 0.3 is 0 Å². The maximum Gasteiger partial charge on any atom is 0.243 e. The lowest BCUT2D eigenvalue weighted by Crippen LogP contribution is -2.35. The molecule has 0 bridgehead atoms. The van der Waals surface area contributed by atoms with Crippen molar-refractivity contribution < 1.29 is 8.42 Å². The fourth-order valence-electron chi connectivity index (χ4n) is 2.57. The van der Waals surface area contributed by atoms with Gasteiger partial charge in [-0.2, -0.15) is 4.31 Å². The van der Waals surface area contributed by atoms with Crippen LogP contribution >= 0.6 is 11.6 Å². The van der Waals surface area contributed by atoms with Crippen LogP contribution in [0, 0.1) is 0 Å². The third-order valence-corrected chi connectivity index (χ3v) is 5.94. The van der Waals surface area contributed by atoms with Crippen molar-refractivity contribution in [2.24, 2.45) is 0 Å². The Morgan fingerprint density at radius 3 is 2.32 bits per heavy atom. The molecule has 0 heterocycles. The van der Waals surface area contributed by atoms with Crippen LogP contribution in [0.25, 0.3) is 0 Å². The minimum absolute atomic E-state index is 0.160. The molecule has 0 N–H and O–H groups in total. The van der Waals surface area contributed by atoms with E-state index in [1.165, 1.54) is 4.31 Å². The van der Waals surface area contributed by atoms with Crippen LogP contribution in [0.2, 0.25) is 0 Å². The summed E-state index contributed by atoms with van der Waals surface area (Å²) in [5, 5.41) is 0. The molecular weight excluding hydrogens is 282 g/mol. The number of hydrogen-bond donors (Lipinski definition) is 0. The van der Waals surface area contributed by atoms with Gasteiger partial charge in [-0.25, -0.2) is 8.42 Å². The molecule has 0 radical (unpaired) electrons. The summed E-state index contributed by atoms with van der Waals surface area (Å²) in [4.78, 5) is 0.375. The van der Waals surface area contributed by atoms with Gasteiger partial charge in [0.05, 0.1) is 4.90 Å². The van der Waals surface area contributed by atoms with Crippen molar-refractivity contribution in [3.63, 3.8) is 0 Å². The fraction of sp³-hybridized carbons (Fsp3) is 0.571. The van der Waals surface area contributed by atoms with Gasteiger partial charge in [0, 0.05) is 19.0 Å². The molecule has 0 atom stereocenters. The van der Waals surface area contributed by atoms with Crippen LogP contribution in [0.15, 0.2) is 29.2 Å². The van der Waals surface area contributed by atoms with Crippen LogP contribution in [-0.4, -0.2) is 31.7 Å². The van der Waals surface area contributed by atoms with Crippen molar-refractivity contribution in [2.75, 3.05) is 12.9 Å². The molecule has 2 rings (SSSR count). The molecule has 0 amide bonds. The molecule has 0 spiro atoms. The summed E-state index contributed by atoms with van der Waals surface area (Å²) in [5.41, 5.74) is 1.07. The van der Waals surface area contributed by atoms with Crippen LogP contribution in [0.4, 0.5) is 0 Å². The molecule has 1 fully saturated rings. The molecule has 0 saturated heterocycles. The first-order chi connectivity index (χ1) is 9.05. The topological polar surface area (TPSA) is 37.4 Å². The summed E-state index contributed by atoms with van der Waals surface area (Å²) in [6.07, 6.45) is 4.96. The van der Waals surface area contributed by atoms with Crippen LogP contribution in [0.3, 0.4) is 0 Å². The highest BCUT2D eigenvalue weighted by Crippen LogP contribution is 2.27. The Labute approximate surface area is 120 Å². The highest BCUT2D eigenvalue weighted by molar-refractivity contribution is 7.89. The number of sulfonamides is 1. The molecule has 0 aliphatic heterocycles. The standard InChI is InChI=1S/C14H20ClNO2S/c1-16(13-4-2-3-5-13)19(17,18)14-8-6-12(7-9-14)10-11-15/h6-9,13H,2-5,10-11H2,1H3. The number of aryl methyl sites for hydroxylation is 1. The second kappa shape index (κ2) is 6.25. The van der Waals surface area contributed by atoms with Crippen LogP contribution < -0.4 is 0 Å². The number of nitrogens with zero attached hydrogens (tertiary/aromatic N) is 1. The number of benzene rings is 1. The predicted molar refractivity (Wildman–Crippen MR) is 78.1 cm³/mol. The first-order valence-corrected chi connectivity index (χ1v) is 8.66. The summed E-state index contributed by atoms with van der Waals surface area (Å²) in [7, 11) is -1.66. The quantitative estimate of drug-likeness (QED) is 0.784. The lowest BCUT2D eigenvalue weighted by molar-refractivity contribution is 0.373. The highest BCUT2D eigenvalue weighted by Gasteiger charge is 2.29. The van der Waals surface area contributed by atoms with Crippen molar-refractivity contribution >= 4 is 21.6 Å². The first kappa shape index (κ1) is 14.8. The third kappa shape index (κ3) is 3.30. The molecular formula is C14H20ClNO2S. The van der Waals surface area contributed by atoms with Gasteiger partial charge in [-0.05, 0) is 37.0 Å². The Kier molecular flexibility index (Phi) is 4.87. The smallest absolute Gasteiger partial charge is 0.207 e. The zero-order valence-electron chi connectivity index (χ0n) is 11.2. The molecule has 3 nitrogen and oxygen atoms in total. The summed E-state index contributed by atoms with van der Waals surface area (Å²) in [6.45, 7) is 0. The molecule has 0 aromatic heterocycles. The van der Waals surface area contributed by atoms with Crippen LogP contribution in [-0.2, 0) is 16.4 Å². The molecule has 5 heteroatoms. The van der Waals surface area contributed by atoms with E-state index >= 15 is 0 Å². The Morgan fingerprint density at radius 2 is 1.79 bits per heavy atom. The number of alkyl halides is 1. The predicted octanol–water partition coefficient (Wildman–Crippen LogP) is 3.03. The van der Waals surface area contributed by atoms with Crippen molar-refractivity contribution in [2.45, 2.75) is 43.0 Å². The SMILES string of the molecule is CN(C1CCCC1)S(=O)(=O)c1ccc(CCCl)cc1. The number of hydrogen-bond acceptors (Lipinski definition) is 2. The van der Waals surface area contributed by atoms with Gasteiger partial charge in [-0.15, -0.1) is 11.6 Å². The third-order valence-electron chi connectivity index (χ3n) is 3.82. The van der Waals surface area contributed by atoms with E-state index in [0.29, 0.717) is 10.8 Å². The van der Waals surface area contributed by atoms with E-state index in [-0.39, 0.29) is 6.04 Å². The average molecular weight is 302 g/mol. The Balaban J connectivity index is 2.18. The van der Waals surface area contributed by atoms with Gasteiger partial charge in [0.2, 0.25) is 10.0 Å². The van der Waals surface area contributed by atoms with E-state index in [0.717, 1.165) is 37.7 Å². The molecule has 19 heavy (non-hydrogen) atoms. The van der Waals surface area contributed by atoms with Gasteiger partial charge in [-0.1, -0.05) is 25.0 Å². The molecule has 1 aliphatic carbocycles. The normalized spacial score (nSPS) is 17.2. The number of rotatable bonds is 5. The molecule has 1 aromatic rings. The van der Waals surface area contributed by atoms with E-state index in [1.807, 2.05) is 12.1 Å². The molecule has 0 unspecified atom stereocenters. The van der Waals surface area contributed by atoms with E-state index in [1.54, 1.807) is 19.2 Å². The van der Waals surface area contributed by atoms with E-state index in [4.69, 9.17) is 11.6 Å². The van der Waals surface area contributed by atoms with Crippen molar-refractivity contribution in [3.05, 3.63) is 29.8 Å². The summed E-state index contributed by atoms with van der Waals surface area (Å²) in [5.74, 6) is 0.550. The van der Waals surface area contributed by atoms with E-state index < -0.39 is 10.0 Å². The van der Waals surface area contributed by atoms with Crippen molar-refractivity contribution in [3.8, 4) is 0 Å². The molecule has 1 aromatic carbocycles. The second-order valence-electron chi connectivity index (χ2n) is 5.04. The summed E-state index contributed by atoms with van der Waals surface area (Å²) in [6, 6.07) is 7.22. The van der Waals surface area contributed by atoms with Gasteiger partial charge in [-0.3, -0.25) is 0 Å². The van der Waals surface area contributed by atoms with E-state index in [9.17, 15) is 8.42 Å². The van der Waals surface area contributed by atoms with Gasteiger partial charge in [0.1, 0.15) is 0 Å². The second-order valence-corrected chi connectivity index (χ2v) is 7.42. The molecule has 1 saturated carbocycles. The zero-order valence-corrected chi connectivity index (χ0v) is 12.8. The van der Waals surface area contributed by atoms with Crippen LogP contribution in [0.1, 0.15) is 31.2 Å². The van der Waals surface area contributed by atoms with E-state index in [2.05, 4.69) is 0 Å². The first-order valence-electron chi connectivity index (χ1n) is 6.68. The van der Waals surface area contributed by atoms with Crippen molar-refractivity contribution in [1.29, 1.82) is 0 Å². The Hall–Kier alpha value is -0.580. The lowest BCUT2D eigenvalue weighted by Gasteiger charge is -2.23. The molecule has 1 aliphatic rings. The Morgan fingerprint density at radius 1 is 1.21 bits per heavy atom. The maximum absolute atomic E-state index is 12.5. The minimum atomic E-state index is -3.35. The fourth-order valence-corrected chi connectivity index (χ4v) is 4.20. The summed E-state index contributed by atoms with van der Waals surface area (Å²) >= 11 is 5.68. The molecule has 106 valence electrons. The maximum atomic E-state index is 12.5. The van der Waals surface area contributed by atoms with Gasteiger partial charge in [0.15, 0.2) is 0 Å². The minimum Gasteiger partial charge on any atom is -0.207 e. The van der Waals surface area contributed by atoms with Crippen LogP contribution in [0.5, 0.6) is 0 Å². The zero-order chi connectivity index (χ0) is 13.9. The van der Waals surface area contributed by atoms with Gasteiger partial charge < -0.3 is 0 Å². The number of halogens is 1. The summed E-state index contributed by atoms with van der Waals surface area (Å²) < 4.78 is 26.5. The largest absolute Gasteiger partial charge is 0.243 e. The monoisotopic (exact) mass is 301 g/mol.